The summed E-state index contributed by atoms with van der Waals surface area (Å²) in [5, 5.41) is 10.1. The number of ether oxygens (including phenoxy) is 1. The Labute approximate surface area is 92.8 Å². The first-order valence-electron chi connectivity index (χ1n) is 4.76. The lowest BCUT2D eigenvalue weighted by Crippen LogP contribution is -2.06. The number of aromatic nitrogens is 3. The van der Waals surface area contributed by atoms with Gasteiger partial charge < -0.3 is 9.84 Å². The van der Waals surface area contributed by atoms with Gasteiger partial charge in [-0.3, -0.25) is 15.0 Å². The summed E-state index contributed by atoms with van der Waals surface area (Å²) in [6, 6.07) is 3.48. The number of pyridine rings is 1. The maximum Gasteiger partial charge on any atom is 0.143 e. The van der Waals surface area contributed by atoms with Gasteiger partial charge in [0, 0.05) is 18.6 Å². The Hall–Kier alpha value is -2.01. The highest BCUT2D eigenvalue weighted by molar-refractivity contribution is 5.32. The van der Waals surface area contributed by atoms with Crippen molar-refractivity contribution in [3.8, 4) is 5.75 Å². The summed E-state index contributed by atoms with van der Waals surface area (Å²) in [7, 11) is 1.53. The fourth-order valence-corrected chi connectivity index (χ4v) is 1.37. The molecule has 0 aliphatic carbocycles. The van der Waals surface area contributed by atoms with Gasteiger partial charge >= 0.3 is 0 Å². The van der Waals surface area contributed by atoms with Crippen LogP contribution in [0.25, 0.3) is 0 Å². The number of rotatable bonds is 3. The van der Waals surface area contributed by atoms with Gasteiger partial charge in [-0.1, -0.05) is 0 Å². The lowest BCUT2D eigenvalue weighted by Gasteiger charge is -2.12. The highest BCUT2D eigenvalue weighted by Crippen LogP contribution is 2.25. The van der Waals surface area contributed by atoms with E-state index >= 15 is 0 Å². The zero-order chi connectivity index (χ0) is 11.4. The Morgan fingerprint density at radius 2 is 2.12 bits per heavy atom. The standard InChI is InChI=1S/C11H11N3O2/c1-16-9-3-2-4-14-10(9)11(15)8-7-12-5-6-13-8/h2-7,11,15H,1H3. The molecule has 5 heteroatoms. The van der Waals surface area contributed by atoms with E-state index in [0.717, 1.165) is 0 Å². The van der Waals surface area contributed by atoms with Gasteiger partial charge in [-0.2, -0.15) is 0 Å². The van der Waals surface area contributed by atoms with Gasteiger partial charge in [0.15, 0.2) is 0 Å². The van der Waals surface area contributed by atoms with Crippen LogP contribution in [0.15, 0.2) is 36.9 Å². The summed E-state index contributed by atoms with van der Waals surface area (Å²) < 4.78 is 5.12. The normalized spacial score (nSPS) is 12.1. The molecule has 0 bridgehead atoms. The molecule has 0 spiro atoms. The fourth-order valence-electron chi connectivity index (χ4n) is 1.37. The molecule has 0 radical (unpaired) electrons. The van der Waals surface area contributed by atoms with E-state index in [9.17, 15) is 5.11 Å². The van der Waals surface area contributed by atoms with Crippen LogP contribution in [0.1, 0.15) is 17.5 Å². The lowest BCUT2D eigenvalue weighted by atomic mass is 10.1. The minimum atomic E-state index is -0.926. The Kier molecular flexibility index (Phi) is 3.07. The molecule has 1 N–H and O–H groups in total. The van der Waals surface area contributed by atoms with Crippen LogP contribution in [0.5, 0.6) is 5.75 Å². The Bertz CT molecular complexity index is 462. The molecule has 82 valence electrons. The number of hydrogen-bond acceptors (Lipinski definition) is 5. The van der Waals surface area contributed by atoms with E-state index in [2.05, 4.69) is 15.0 Å². The van der Waals surface area contributed by atoms with Crippen LogP contribution in [-0.2, 0) is 0 Å². The van der Waals surface area contributed by atoms with Crippen molar-refractivity contribution in [2.75, 3.05) is 7.11 Å². The summed E-state index contributed by atoms with van der Waals surface area (Å²) in [5.41, 5.74) is 0.880. The van der Waals surface area contributed by atoms with Gasteiger partial charge in [-0.05, 0) is 12.1 Å². The summed E-state index contributed by atoms with van der Waals surface area (Å²) >= 11 is 0. The predicted molar refractivity (Wildman–Crippen MR) is 56.9 cm³/mol. The fraction of sp³-hybridized carbons (Fsp3) is 0.182. The van der Waals surface area contributed by atoms with Gasteiger partial charge in [0.05, 0.1) is 19.0 Å². The van der Waals surface area contributed by atoms with Crippen LogP contribution in [0.2, 0.25) is 0 Å². The van der Waals surface area contributed by atoms with E-state index in [1.165, 1.54) is 19.5 Å². The zero-order valence-corrected chi connectivity index (χ0v) is 8.74. The van der Waals surface area contributed by atoms with E-state index in [1.807, 2.05) is 0 Å². The molecular weight excluding hydrogens is 206 g/mol. The number of aliphatic hydroxyl groups is 1. The number of nitrogens with zero attached hydrogens (tertiary/aromatic N) is 3. The minimum Gasteiger partial charge on any atom is -0.495 e. The van der Waals surface area contributed by atoms with Crippen LogP contribution < -0.4 is 4.74 Å². The first-order chi connectivity index (χ1) is 7.83. The molecule has 2 rings (SSSR count). The average Bonchev–Trinajstić information content (AvgIpc) is 2.39. The van der Waals surface area contributed by atoms with Crippen molar-refractivity contribution in [1.82, 2.24) is 15.0 Å². The molecule has 2 aromatic rings. The monoisotopic (exact) mass is 217 g/mol. The van der Waals surface area contributed by atoms with Crippen molar-refractivity contribution in [2.45, 2.75) is 6.10 Å². The van der Waals surface area contributed by atoms with Gasteiger partial charge in [-0.25, -0.2) is 0 Å². The molecule has 0 saturated carbocycles. The molecule has 16 heavy (non-hydrogen) atoms. The van der Waals surface area contributed by atoms with E-state index in [-0.39, 0.29) is 0 Å². The second-order valence-electron chi connectivity index (χ2n) is 3.12. The highest BCUT2D eigenvalue weighted by Gasteiger charge is 2.17. The number of aliphatic hydroxyl groups excluding tert-OH is 1. The van der Waals surface area contributed by atoms with Crippen LogP contribution in [-0.4, -0.2) is 27.2 Å². The molecule has 0 aromatic carbocycles. The van der Waals surface area contributed by atoms with Crippen LogP contribution in [0, 0.1) is 0 Å². The quantitative estimate of drug-likeness (QED) is 0.829. The third-order valence-corrected chi connectivity index (χ3v) is 2.14. The molecular formula is C11H11N3O2. The molecule has 1 unspecified atom stereocenters. The molecule has 0 amide bonds. The molecule has 2 aromatic heterocycles. The van der Waals surface area contributed by atoms with E-state index in [0.29, 0.717) is 17.1 Å². The van der Waals surface area contributed by atoms with Gasteiger partial charge in [0.25, 0.3) is 0 Å². The van der Waals surface area contributed by atoms with Crippen molar-refractivity contribution in [2.24, 2.45) is 0 Å². The average molecular weight is 217 g/mol. The topological polar surface area (TPSA) is 68.1 Å². The Morgan fingerprint density at radius 3 is 2.81 bits per heavy atom. The third-order valence-electron chi connectivity index (χ3n) is 2.14. The number of hydrogen-bond donors (Lipinski definition) is 1. The molecule has 0 aliphatic rings. The lowest BCUT2D eigenvalue weighted by molar-refractivity contribution is 0.204. The van der Waals surface area contributed by atoms with Crippen LogP contribution >= 0.6 is 0 Å². The highest BCUT2D eigenvalue weighted by atomic mass is 16.5. The molecule has 5 nitrogen and oxygen atoms in total. The molecule has 0 fully saturated rings. The van der Waals surface area contributed by atoms with Crippen molar-refractivity contribution in [3.63, 3.8) is 0 Å². The molecule has 2 heterocycles. The smallest absolute Gasteiger partial charge is 0.143 e. The van der Waals surface area contributed by atoms with Crippen LogP contribution in [0.4, 0.5) is 0 Å². The van der Waals surface area contributed by atoms with Crippen molar-refractivity contribution < 1.29 is 9.84 Å². The Balaban J connectivity index is 2.37. The second kappa shape index (κ2) is 4.67. The molecule has 1 atom stereocenters. The van der Waals surface area contributed by atoms with E-state index in [1.54, 1.807) is 24.5 Å². The number of methoxy groups -OCH3 is 1. The van der Waals surface area contributed by atoms with Crippen molar-refractivity contribution >= 4 is 0 Å². The van der Waals surface area contributed by atoms with Gasteiger partial charge in [-0.15, -0.1) is 0 Å². The maximum atomic E-state index is 10.1. The second-order valence-corrected chi connectivity index (χ2v) is 3.12. The molecule has 0 saturated heterocycles. The maximum absolute atomic E-state index is 10.1. The Morgan fingerprint density at radius 1 is 1.25 bits per heavy atom. The van der Waals surface area contributed by atoms with Crippen molar-refractivity contribution in [1.29, 1.82) is 0 Å². The first-order valence-corrected chi connectivity index (χ1v) is 4.76. The zero-order valence-electron chi connectivity index (χ0n) is 8.74. The van der Waals surface area contributed by atoms with E-state index in [4.69, 9.17) is 4.74 Å². The summed E-state index contributed by atoms with van der Waals surface area (Å²) in [4.78, 5) is 12.0. The van der Waals surface area contributed by atoms with Gasteiger partial charge in [0.1, 0.15) is 17.5 Å². The first kappa shape index (κ1) is 10.5. The van der Waals surface area contributed by atoms with E-state index < -0.39 is 6.10 Å². The molecule has 0 aliphatic heterocycles. The van der Waals surface area contributed by atoms with Crippen molar-refractivity contribution in [3.05, 3.63) is 48.3 Å². The summed E-state index contributed by atoms with van der Waals surface area (Å²) in [5.74, 6) is 0.528. The summed E-state index contributed by atoms with van der Waals surface area (Å²) in [6.07, 6.45) is 5.24. The minimum absolute atomic E-state index is 0.436. The largest absolute Gasteiger partial charge is 0.495 e. The predicted octanol–water partition coefficient (Wildman–Crippen LogP) is 0.962. The van der Waals surface area contributed by atoms with Crippen LogP contribution in [0.3, 0.4) is 0 Å². The van der Waals surface area contributed by atoms with Gasteiger partial charge in [0.2, 0.25) is 0 Å². The summed E-state index contributed by atoms with van der Waals surface area (Å²) in [6.45, 7) is 0. The third kappa shape index (κ3) is 1.99. The SMILES string of the molecule is COc1cccnc1C(O)c1cnccn1.